The molecular weight excluding hydrogens is 480 g/mol. The maximum absolute atomic E-state index is 13.7. The average Bonchev–Trinajstić information content (AvgIpc) is 2.83. The Kier molecular flexibility index (Phi) is 9.58. The monoisotopic (exact) mass is 518 g/mol. The highest BCUT2D eigenvalue weighted by atomic mass is 16.4. The van der Waals surface area contributed by atoms with E-state index in [1.165, 1.54) is 10.6 Å². The molecule has 0 aliphatic rings. The summed E-state index contributed by atoms with van der Waals surface area (Å²) < 4.78 is 1.47. The Morgan fingerprint density at radius 1 is 1.08 bits per heavy atom. The van der Waals surface area contributed by atoms with E-state index >= 15 is 0 Å². The van der Waals surface area contributed by atoms with Crippen molar-refractivity contribution in [2.75, 3.05) is 14.1 Å². The van der Waals surface area contributed by atoms with Gasteiger partial charge >= 0.3 is 5.97 Å². The number of carbonyl (C=O) groups excluding carboxylic acids is 1. The molecule has 3 aromatic rings. The van der Waals surface area contributed by atoms with Crippen LogP contribution in [0.15, 0.2) is 59.8 Å². The van der Waals surface area contributed by atoms with Crippen LogP contribution in [0.25, 0.3) is 11.1 Å². The van der Waals surface area contributed by atoms with E-state index in [0.29, 0.717) is 18.5 Å². The maximum atomic E-state index is 13.7. The molecule has 8 heteroatoms. The lowest BCUT2D eigenvalue weighted by molar-refractivity contribution is -0.138. The van der Waals surface area contributed by atoms with E-state index in [2.05, 4.69) is 10.3 Å². The van der Waals surface area contributed by atoms with Gasteiger partial charge in [0.05, 0.1) is 12.5 Å². The van der Waals surface area contributed by atoms with Gasteiger partial charge in [-0.05, 0) is 74.2 Å². The number of carboxylic acid groups (broad SMARTS) is 1. The van der Waals surface area contributed by atoms with Crippen LogP contribution < -0.4 is 10.9 Å². The summed E-state index contributed by atoms with van der Waals surface area (Å²) in [7, 11) is 3.87. The number of benzene rings is 1. The zero-order valence-electron chi connectivity index (χ0n) is 23.1. The van der Waals surface area contributed by atoms with Crippen molar-refractivity contribution in [1.29, 1.82) is 0 Å². The van der Waals surface area contributed by atoms with E-state index in [4.69, 9.17) is 0 Å². The molecule has 202 valence electrons. The summed E-state index contributed by atoms with van der Waals surface area (Å²) in [6, 6.07) is 9.56. The second-order valence-electron chi connectivity index (χ2n) is 10.6. The van der Waals surface area contributed by atoms with E-state index < -0.39 is 24.0 Å². The molecule has 2 atom stereocenters. The summed E-state index contributed by atoms with van der Waals surface area (Å²) in [6.07, 6.45) is 5.18. The molecule has 0 aliphatic heterocycles. The van der Waals surface area contributed by atoms with Crippen LogP contribution in [-0.4, -0.2) is 45.5 Å². The molecule has 3 rings (SSSR count). The smallest absolute Gasteiger partial charge is 0.305 e. The number of aryl methyl sites for hydroxylation is 2. The van der Waals surface area contributed by atoms with Gasteiger partial charge in [0, 0.05) is 36.8 Å². The summed E-state index contributed by atoms with van der Waals surface area (Å²) in [5, 5.41) is 12.6. The Morgan fingerprint density at radius 3 is 2.37 bits per heavy atom. The van der Waals surface area contributed by atoms with Gasteiger partial charge in [-0.2, -0.15) is 0 Å². The van der Waals surface area contributed by atoms with Gasteiger partial charge in [-0.1, -0.05) is 38.1 Å². The second-order valence-corrected chi connectivity index (χ2v) is 10.6. The summed E-state index contributed by atoms with van der Waals surface area (Å²) in [5.41, 5.74) is 5.27. The predicted molar refractivity (Wildman–Crippen MR) is 149 cm³/mol. The van der Waals surface area contributed by atoms with Gasteiger partial charge in [0.1, 0.15) is 6.04 Å². The van der Waals surface area contributed by atoms with Gasteiger partial charge in [0.15, 0.2) is 0 Å². The quantitative estimate of drug-likeness (QED) is 0.387. The molecule has 1 aromatic carbocycles. The molecular formula is C30H38N4O4. The summed E-state index contributed by atoms with van der Waals surface area (Å²) in [6.45, 7) is 8.63. The third kappa shape index (κ3) is 7.38. The van der Waals surface area contributed by atoms with Gasteiger partial charge < -0.3 is 19.9 Å². The van der Waals surface area contributed by atoms with E-state index in [0.717, 1.165) is 27.8 Å². The fraction of sp³-hybridized carbons (Fsp3) is 0.400. The van der Waals surface area contributed by atoms with Crippen LogP contribution in [0.2, 0.25) is 0 Å². The fourth-order valence-corrected chi connectivity index (χ4v) is 4.79. The van der Waals surface area contributed by atoms with Crippen LogP contribution >= 0.6 is 0 Å². The Labute approximate surface area is 224 Å². The minimum Gasteiger partial charge on any atom is -0.481 e. The first kappa shape index (κ1) is 28.8. The topological polar surface area (TPSA) is 105 Å². The summed E-state index contributed by atoms with van der Waals surface area (Å²) in [4.78, 5) is 44.7. The van der Waals surface area contributed by atoms with E-state index in [1.807, 2.05) is 71.0 Å². The Balaban J connectivity index is 1.99. The zero-order chi connectivity index (χ0) is 28.0. The molecule has 0 saturated carbocycles. The number of nitrogens with zero attached hydrogens (tertiary/aromatic N) is 3. The predicted octanol–water partition coefficient (Wildman–Crippen LogP) is 4.51. The lowest BCUT2D eigenvalue weighted by atomic mass is 9.94. The molecule has 0 spiro atoms. The maximum Gasteiger partial charge on any atom is 0.305 e. The largest absolute Gasteiger partial charge is 0.481 e. The van der Waals surface area contributed by atoms with Crippen molar-refractivity contribution in [2.24, 2.45) is 5.92 Å². The van der Waals surface area contributed by atoms with Crippen LogP contribution in [0.5, 0.6) is 0 Å². The summed E-state index contributed by atoms with van der Waals surface area (Å²) in [5.74, 6) is -1.31. The van der Waals surface area contributed by atoms with Crippen LogP contribution in [0, 0.1) is 19.8 Å². The van der Waals surface area contributed by atoms with Crippen LogP contribution in [0.3, 0.4) is 0 Å². The third-order valence-corrected chi connectivity index (χ3v) is 6.46. The van der Waals surface area contributed by atoms with E-state index in [9.17, 15) is 19.5 Å². The van der Waals surface area contributed by atoms with E-state index in [1.54, 1.807) is 24.7 Å². The van der Waals surface area contributed by atoms with Gasteiger partial charge in [0.25, 0.3) is 5.56 Å². The number of carbonyl (C=O) groups is 2. The molecule has 0 fully saturated rings. The van der Waals surface area contributed by atoms with Crippen molar-refractivity contribution in [2.45, 2.75) is 59.2 Å². The second kappa shape index (κ2) is 12.6. The van der Waals surface area contributed by atoms with Crippen molar-refractivity contribution in [3.63, 3.8) is 0 Å². The number of pyridine rings is 2. The number of aromatic nitrogens is 2. The highest BCUT2D eigenvalue weighted by molar-refractivity contribution is 5.82. The van der Waals surface area contributed by atoms with Gasteiger partial charge in [-0.3, -0.25) is 19.4 Å². The molecule has 2 aromatic heterocycles. The van der Waals surface area contributed by atoms with Crippen molar-refractivity contribution in [3.8, 4) is 11.1 Å². The van der Waals surface area contributed by atoms with Crippen molar-refractivity contribution in [1.82, 2.24) is 19.8 Å². The Hall–Kier alpha value is -3.78. The number of hydrogen-bond donors (Lipinski definition) is 2. The molecule has 0 radical (unpaired) electrons. The van der Waals surface area contributed by atoms with Crippen LogP contribution in [-0.2, 0) is 16.1 Å². The Morgan fingerprint density at radius 2 is 1.76 bits per heavy atom. The highest BCUT2D eigenvalue weighted by Gasteiger charge is 2.27. The molecule has 2 unspecified atom stereocenters. The minimum atomic E-state index is -1.04. The number of rotatable bonds is 11. The standard InChI is InChI=1S/C30H38N4O4/c1-19(2)12-26(34-18-22(17-33(5)6)10-11-27(34)35)30(38)32-25(14-28(36)37)23-13-24(16-31-15-23)29-20(3)8-7-9-21(29)4/h7-11,13,15-16,18-19,25-26H,12,14,17H2,1-6H3,(H,32,38)(H,36,37). The molecule has 1 amide bonds. The van der Waals surface area contributed by atoms with Gasteiger partial charge in [0.2, 0.25) is 5.91 Å². The molecule has 0 bridgehead atoms. The normalized spacial score (nSPS) is 12.9. The first-order chi connectivity index (χ1) is 18.0. The summed E-state index contributed by atoms with van der Waals surface area (Å²) >= 11 is 0. The lowest BCUT2D eigenvalue weighted by Gasteiger charge is -2.25. The van der Waals surface area contributed by atoms with E-state index in [-0.39, 0.29) is 17.9 Å². The van der Waals surface area contributed by atoms with Crippen LogP contribution in [0.4, 0.5) is 0 Å². The Bertz CT molecular complexity index is 1330. The number of nitrogens with one attached hydrogen (secondary N) is 1. The third-order valence-electron chi connectivity index (χ3n) is 6.46. The highest BCUT2D eigenvalue weighted by Crippen LogP contribution is 2.29. The number of carboxylic acids is 1. The number of aliphatic carboxylic acids is 1. The van der Waals surface area contributed by atoms with Crippen LogP contribution in [0.1, 0.15) is 61.0 Å². The molecule has 2 N–H and O–H groups in total. The molecule has 38 heavy (non-hydrogen) atoms. The minimum absolute atomic E-state index is 0.127. The van der Waals surface area contributed by atoms with Crippen molar-refractivity contribution < 1.29 is 14.7 Å². The van der Waals surface area contributed by atoms with Gasteiger partial charge in [-0.25, -0.2) is 0 Å². The van der Waals surface area contributed by atoms with Crippen molar-refractivity contribution in [3.05, 3.63) is 87.6 Å². The molecule has 8 nitrogen and oxygen atoms in total. The molecule has 0 aliphatic carbocycles. The average molecular weight is 519 g/mol. The lowest BCUT2D eigenvalue weighted by Crippen LogP contribution is -2.40. The van der Waals surface area contributed by atoms with Gasteiger partial charge in [-0.15, -0.1) is 0 Å². The molecule has 2 heterocycles. The first-order valence-electron chi connectivity index (χ1n) is 12.9. The van der Waals surface area contributed by atoms with Crippen molar-refractivity contribution >= 4 is 11.9 Å². The SMILES string of the molecule is Cc1cccc(C)c1-c1cncc(C(CC(=O)O)NC(=O)C(CC(C)C)n2cc(CN(C)C)ccc2=O)c1. The number of hydrogen-bond acceptors (Lipinski definition) is 5. The fourth-order valence-electron chi connectivity index (χ4n) is 4.79. The zero-order valence-corrected chi connectivity index (χ0v) is 23.1. The molecule has 0 saturated heterocycles. The number of amides is 1. The first-order valence-corrected chi connectivity index (χ1v) is 12.9.